The number of rotatable bonds is 5. The smallest absolute Gasteiger partial charge is 0.305 e. The molecule has 0 aliphatic heterocycles. The molecule has 1 heterocycles. The molecule has 0 aliphatic carbocycles. The van der Waals surface area contributed by atoms with Crippen molar-refractivity contribution in [3.8, 4) is 0 Å². The van der Waals surface area contributed by atoms with Gasteiger partial charge in [-0.05, 0) is 24.3 Å². The normalized spacial score (nSPS) is 10.1. The number of hydrogen-bond acceptors (Lipinski definition) is 3. The van der Waals surface area contributed by atoms with Crippen LogP contribution in [0, 0.1) is 5.95 Å². The maximum absolute atomic E-state index is 13.6. The summed E-state index contributed by atoms with van der Waals surface area (Å²) in [7, 11) is 0. The zero-order valence-corrected chi connectivity index (χ0v) is 11.1. The summed E-state index contributed by atoms with van der Waals surface area (Å²) in [5.74, 6) is -2.53. The number of anilines is 1. The lowest BCUT2D eigenvalue weighted by Gasteiger charge is -2.22. The number of carbonyl (C=O) groups is 2. The first kappa shape index (κ1) is 14.6. The van der Waals surface area contributed by atoms with E-state index in [0.717, 1.165) is 0 Å². The van der Waals surface area contributed by atoms with Gasteiger partial charge < -0.3 is 10.0 Å². The molecule has 1 aromatic carbocycles. The first-order valence-electron chi connectivity index (χ1n) is 6.29. The maximum atomic E-state index is 13.6. The van der Waals surface area contributed by atoms with Gasteiger partial charge >= 0.3 is 5.97 Å². The van der Waals surface area contributed by atoms with Gasteiger partial charge in [-0.3, -0.25) is 9.59 Å². The lowest BCUT2D eigenvalue weighted by molar-refractivity contribution is -0.136. The van der Waals surface area contributed by atoms with E-state index in [-0.39, 0.29) is 18.5 Å². The predicted molar refractivity (Wildman–Crippen MR) is 74.6 cm³/mol. The fourth-order valence-electron chi connectivity index (χ4n) is 1.85. The molecule has 0 atom stereocenters. The van der Waals surface area contributed by atoms with Crippen LogP contribution in [0.4, 0.5) is 10.1 Å². The molecule has 0 radical (unpaired) electrons. The van der Waals surface area contributed by atoms with Gasteiger partial charge in [0.25, 0.3) is 5.91 Å². The average Bonchev–Trinajstić information content (AvgIpc) is 2.48. The summed E-state index contributed by atoms with van der Waals surface area (Å²) >= 11 is 0. The van der Waals surface area contributed by atoms with Crippen molar-refractivity contribution in [1.29, 1.82) is 0 Å². The number of carbonyl (C=O) groups excluding carboxylic acids is 1. The van der Waals surface area contributed by atoms with E-state index in [4.69, 9.17) is 5.11 Å². The van der Waals surface area contributed by atoms with Crippen molar-refractivity contribution in [3.63, 3.8) is 0 Å². The van der Waals surface area contributed by atoms with E-state index >= 15 is 0 Å². The van der Waals surface area contributed by atoms with Crippen LogP contribution in [0.2, 0.25) is 0 Å². The molecule has 0 spiro atoms. The van der Waals surface area contributed by atoms with Crippen LogP contribution in [0.25, 0.3) is 0 Å². The van der Waals surface area contributed by atoms with Crippen LogP contribution in [-0.4, -0.2) is 28.5 Å². The van der Waals surface area contributed by atoms with Crippen molar-refractivity contribution in [3.05, 3.63) is 60.2 Å². The molecule has 5 nitrogen and oxygen atoms in total. The SMILES string of the molecule is O=C(O)CCN(C(=O)c1cccnc1F)c1ccccc1. The first-order valence-corrected chi connectivity index (χ1v) is 6.29. The first-order chi connectivity index (χ1) is 10.1. The quantitative estimate of drug-likeness (QED) is 0.857. The second-order valence-corrected chi connectivity index (χ2v) is 4.28. The Kier molecular flexibility index (Phi) is 4.61. The van der Waals surface area contributed by atoms with Crippen molar-refractivity contribution in [2.75, 3.05) is 11.4 Å². The fraction of sp³-hybridized carbons (Fsp3) is 0.133. The molecule has 1 amide bonds. The minimum absolute atomic E-state index is 0.0491. The van der Waals surface area contributed by atoms with E-state index in [0.29, 0.717) is 5.69 Å². The standard InChI is InChI=1S/C15H13FN2O3/c16-14-12(7-4-9-17-14)15(21)18(10-8-13(19)20)11-5-2-1-3-6-11/h1-7,9H,8,10H2,(H,19,20). The van der Waals surface area contributed by atoms with Crippen LogP contribution >= 0.6 is 0 Å². The Morgan fingerprint density at radius 3 is 2.48 bits per heavy atom. The lowest BCUT2D eigenvalue weighted by Crippen LogP contribution is -2.33. The molecule has 0 bridgehead atoms. The number of carboxylic acids is 1. The Balaban J connectivity index is 2.33. The summed E-state index contributed by atoms with van der Waals surface area (Å²) < 4.78 is 13.6. The minimum Gasteiger partial charge on any atom is -0.481 e. The summed E-state index contributed by atoms with van der Waals surface area (Å²) in [5, 5.41) is 8.79. The van der Waals surface area contributed by atoms with Crippen molar-refractivity contribution in [2.24, 2.45) is 0 Å². The van der Waals surface area contributed by atoms with Gasteiger partial charge in [-0.2, -0.15) is 4.39 Å². The van der Waals surface area contributed by atoms with Gasteiger partial charge in [-0.1, -0.05) is 18.2 Å². The number of para-hydroxylation sites is 1. The molecule has 1 aromatic heterocycles. The largest absolute Gasteiger partial charge is 0.481 e. The van der Waals surface area contributed by atoms with Gasteiger partial charge in [0.1, 0.15) is 0 Å². The highest BCUT2D eigenvalue weighted by Crippen LogP contribution is 2.18. The molecule has 0 saturated carbocycles. The van der Waals surface area contributed by atoms with Crippen LogP contribution < -0.4 is 4.90 Å². The second-order valence-electron chi connectivity index (χ2n) is 4.28. The minimum atomic E-state index is -1.03. The zero-order chi connectivity index (χ0) is 15.2. The highest BCUT2D eigenvalue weighted by atomic mass is 19.1. The third-order valence-electron chi connectivity index (χ3n) is 2.85. The van der Waals surface area contributed by atoms with Crippen molar-refractivity contribution >= 4 is 17.6 Å². The molecule has 0 aliphatic rings. The van der Waals surface area contributed by atoms with E-state index in [2.05, 4.69) is 4.98 Å². The Bertz CT molecular complexity index is 646. The van der Waals surface area contributed by atoms with E-state index in [1.165, 1.54) is 23.2 Å². The summed E-state index contributed by atoms with van der Waals surface area (Å²) in [5.41, 5.74) is 0.318. The van der Waals surface area contributed by atoms with Gasteiger partial charge in [0.05, 0.1) is 12.0 Å². The third-order valence-corrected chi connectivity index (χ3v) is 2.85. The summed E-state index contributed by atoms with van der Waals surface area (Å²) in [6.45, 7) is -0.0491. The zero-order valence-electron chi connectivity index (χ0n) is 11.1. The van der Waals surface area contributed by atoms with E-state index in [1.807, 2.05) is 0 Å². The number of halogens is 1. The summed E-state index contributed by atoms with van der Waals surface area (Å²) in [6, 6.07) is 11.3. The van der Waals surface area contributed by atoms with Crippen molar-refractivity contribution < 1.29 is 19.1 Å². The Labute approximate surface area is 120 Å². The number of hydrogen-bond donors (Lipinski definition) is 1. The Morgan fingerprint density at radius 2 is 1.86 bits per heavy atom. The van der Waals surface area contributed by atoms with Crippen LogP contribution in [0.1, 0.15) is 16.8 Å². The molecule has 1 N–H and O–H groups in total. The molecule has 0 fully saturated rings. The Morgan fingerprint density at radius 1 is 1.14 bits per heavy atom. The molecule has 21 heavy (non-hydrogen) atoms. The molecular weight excluding hydrogens is 275 g/mol. The molecule has 2 rings (SSSR count). The van der Waals surface area contributed by atoms with E-state index < -0.39 is 17.8 Å². The molecule has 6 heteroatoms. The maximum Gasteiger partial charge on any atom is 0.305 e. The van der Waals surface area contributed by atoms with Crippen molar-refractivity contribution in [1.82, 2.24) is 4.98 Å². The average molecular weight is 288 g/mol. The fourth-order valence-corrected chi connectivity index (χ4v) is 1.85. The highest BCUT2D eigenvalue weighted by Gasteiger charge is 2.21. The Hall–Kier alpha value is -2.76. The van der Waals surface area contributed by atoms with E-state index in [1.54, 1.807) is 30.3 Å². The van der Waals surface area contributed by atoms with Crippen LogP contribution in [0.3, 0.4) is 0 Å². The third kappa shape index (κ3) is 3.62. The molecule has 0 saturated heterocycles. The second kappa shape index (κ2) is 6.60. The topological polar surface area (TPSA) is 70.5 Å². The van der Waals surface area contributed by atoms with Gasteiger partial charge in [-0.15, -0.1) is 0 Å². The number of aliphatic carboxylic acids is 1. The number of benzene rings is 1. The predicted octanol–water partition coefficient (Wildman–Crippen LogP) is 2.34. The number of nitrogens with zero attached hydrogens (tertiary/aromatic N) is 2. The summed E-state index contributed by atoms with van der Waals surface area (Å²) in [6.07, 6.45) is 1.01. The number of aromatic nitrogens is 1. The number of carboxylic acid groups (broad SMARTS) is 1. The van der Waals surface area contributed by atoms with Gasteiger partial charge in [0.2, 0.25) is 5.95 Å². The van der Waals surface area contributed by atoms with Crippen molar-refractivity contribution in [2.45, 2.75) is 6.42 Å². The molecule has 108 valence electrons. The number of amides is 1. The van der Waals surface area contributed by atoms with Gasteiger partial charge in [0, 0.05) is 18.4 Å². The molecule has 0 unspecified atom stereocenters. The number of pyridine rings is 1. The summed E-state index contributed by atoms with van der Waals surface area (Å²) in [4.78, 5) is 27.8. The van der Waals surface area contributed by atoms with E-state index in [9.17, 15) is 14.0 Å². The highest BCUT2D eigenvalue weighted by molar-refractivity contribution is 6.06. The van der Waals surface area contributed by atoms with Gasteiger partial charge in [-0.25, -0.2) is 4.98 Å². The van der Waals surface area contributed by atoms with Crippen LogP contribution in [0.15, 0.2) is 48.7 Å². The monoisotopic (exact) mass is 288 g/mol. The van der Waals surface area contributed by atoms with Crippen LogP contribution in [0.5, 0.6) is 0 Å². The van der Waals surface area contributed by atoms with Crippen LogP contribution in [-0.2, 0) is 4.79 Å². The van der Waals surface area contributed by atoms with Gasteiger partial charge in [0.15, 0.2) is 0 Å². The lowest BCUT2D eigenvalue weighted by atomic mass is 10.2. The molecular formula is C15H13FN2O3. The molecule has 2 aromatic rings.